The molecule has 206 valence electrons. The molecular weight excluding hydrogens is 557 g/mol. The van der Waals surface area contributed by atoms with E-state index in [1.165, 1.54) is 6.07 Å². The molecule has 0 saturated carbocycles. The van der Waals surface area contributed by atoms with Crippen molar-refractivity contribution in [2.24, 2.45) is 0 Å². The molecule has 0 spiro atoms. The summed E-state index contributed by atoms with van der Waals surface area (Å²) in [6.45, 7) is 0. The zero-order chi connectivity index (χ0) is 29.1. The fourth-order valence-corrected chi connectivity index (χ4v) is 6.27. The number of hydrogen-bond donors (Lipinski definition) is 0. The molecule has 0 aliphatic rings. The number of alkyl halides is 3. The lowest BCUT2D eigenvalue weighted by Gasteiger charge is -2.21. The van der Waals surface area contributed by atoms with E-state index in [2.05, 4.69) is 30.3 Å². The Morgan fingerprint density at radius 1 is 0.476 bits per heavy atom. The Hall–Kier alpha value is -4.88. The Bertz CT molecular complexity index is 2230. The summed E-state index contributed by atoms with van der Waals surface area (Å²) >= 11 is 0. The van der Waals surface area contributed by atoms with Gasteiger partial charge in [-0.2, -0.15) is 21.6 Å². The van der Waals surface area contributed by atoms with Crippen LogP contribution >= 0.6 is 0 Å². The lowest BCUT2D eigenvalue weighted by molar-refractivity contribution is -0.0499. The molecule has 7 aromatic rings. The minimum Gasteiger partial charge on any atom is -0.375 e. The Balaban J connectivity index is 1.63. The molecule has 0 unspecified atom stereocenters. The average molecular weight is 579 g/mol. The molecule has 7 heteroatoms. The van der Waals surface area contributed by atoms with Crippen LogP contribution in [0.1, 0.15) is 0 Å². The molecule has 0 fully saturated rings. The van der Waals surface area contributed by atoms with Gasteiger partial charge in [0, 0.05) is 11.1 Å². The van der Waals surface area contributed by atoms with Crippen molar-refractivity contribution < 1.29 is 25.8 Å². The maximum Gasteiger partial charge on any atom is 0.534 e. The highest BCUT2D eigenvalue weighted by Crippen LogP contribution is 2.49. The van der Waals surface area contributed by atoms with Gasteiger partial charge in [0.2, 0.25) is 0 Å². The Morgan fingerprint density at radius 3 is 1.55 bits per heavy atom. The molecule has 0 N–H and O–H groups in total. The summed E-state index contributed by atoms with van der Waals surface area (Å²) < 4.78 is 69.9. The lowest BCUT2D eigenvalue weighted by Crippen LogP contribution is -2.28. The van der Waals surface area contributed by atoms with Crippen molar-refractivity contribution in [3.05, 3.63) is 127 Å². The van der Waals surface area contributed by atoms with Crippen molar-refractivity contribution in [1.82, 2.24) is 0 Å². The first kappa shape index (κ1) is 26.0. The topological polar surface area (TPSA) is 43.4 Å². The van der Waals surface area contributed by atoms with Gasteiger partial charge in [-0.15, -0.1) is 0 Å². The van der Waals surface area contributed by atoms with Crippen LogP contribution in [0.5, 0.6) is 5.75 Å². The van der Waals surface area contributed by atoms with Crippen LogP contribution in [0.2, 0.25) is 0 Å². The first-order chi connectivity index (χ1) is 20.2. The highest BCUT2D eigenvalue weighted by Gasteiger charge is 2.49. The predicted octanol–water partition coefficient (Wildman–Crippen LogP) is 9.86. The fraction of sp³-hybridized carbons (Fsp3) is 0.0286. The van der Waals surface area contributed by atoms with Crippen LogP contribution in [-0.4, -0.2) is 13.9 Å². The van der Waals surface area contributed by atoms with E-state index in [9.17, 15) is 21.6 Å². The number of fused-ring (bicyclic) bond motifs is 4. The number of halogens is 3. The molecule has 0 amide bonds. The summed E-state index contributed by atoms with van der Waals surface area (Å²) in [5, 5.41) is 6.74. The van der Waals surface area contributed by atoms with Crippen molar-refractivity contribution in [3.63, 3.8) is 0 Å². The third-order valence-corrected chi connectivity index (χ3v) is 8.56. The summed E-state index contributed by atoms with van der Waals surface area (Å²) in [4.78, 5) is 0. The molecule has 0 atom stereocenters. The van der Waals surface area contributed by atoms with Crippen LogP contribution in [0.4, 0.5) is 13.2 Å². The smallest absolute Gasteiger partial charge is 0.375 e. The third kappa shape index (κ3) is 4.16. The summed E-state index contributed by atoms with van der Waals surface area (Å²) in [6.07, 6.45) is 0. The van der Waals surface area contributed by atoms with E-state index in [4.69, 9.17) is 4.18 Å². The van der Waals surface area contributed by atoms with Crippen LogP contribution in [-0.2, 0) is 10.1 Å². The third-order valence-electron chi connectivity index (χ3n) is 7.59. The van der Waals surface area contributed by atoms with Crippen molar-refractivity contribution in [2.45, 2.75) is 5.51 Å². The summed E-state index contributed by atoms with van der Waals surface area (Å²) in [6, 6.07) is 39.7. The van der Waals surface area contributed by atoms with E-state index in [0.29, 0.717) is 10.9 Å². The maximum atomic E-state index is 13.5. The second kappa shape index (κ2) is 9.60. The van der Waals surface area contributed by atoms with E-state index < -0.39 is 15.6 Å². The Morgan fingerprint density at radius 2 is 0.952 bits per heavy atom. The monoisotopic (exact) mass is 578 g/mol. The molecule has 7 aromatic carbocycles. The van der Waals surface area contributed by atoms with Gasteiger partial charge in [-0.3, -0.25) is 0 Å². The molecule has 0 aliphatic heterocycles. The molecule has 0 aliphatic carbocycles. The van der Waals surface area contributed by atoms with Crippen molar-refractivity contribution >= 4 is 53.2 Å². The van der Waals surface area contributed by atoms with E-state index in [-0.39, 0.29) is 11.3 Å². The number of benzene rings is 7. The molecule has 0 aromatic heterocycles. The van der Waals surface area contributed by atoms with E-state index in [1.54, 1.807) is 18.2 Å². The maximum absolute atomic E-state index is 13.5. The second-order valence-corrected chi connectivity index (χ2v) is 11.6. The molecule has 3 nitrogen and oxygen atoms in total. The van der Waals surface area contributed by atoms with Gasteiger partial charge in [-0.05, 0) is 66.3 Å². The zero-order valence-corrected chi connectivity index (χ0v) is 22.7. The van der Waals surface area contributed by atoms with Crippen LogP contribution in [0.25, 0.3) is 65.3 Å². The van der Waals surface area contributed by atoms with Gasteiger partial charge in [0.05, 0.1) is 0 Å². The summed E-state index contributed by atoms with van der Waals surface area (Å²) in [5.74, 6) is -0.389. The summed E-state index contributed by atoms with van der Waals surface area (Å²) in [7, 11) is -5.93. The largest absolute Gasteiger partial charge is 0.534 e. The molecule has 0 saturated heterocycles. The van der Waals surface area contributed by atoms with Crippen molar-refractivity contribution in [3.8, 4) is 28.0 Å². The molecule has 42 heavy (non-hydrogen) atoms. The van der Waals surface area contributed by atoms with Crippen molar-refractivity contribution in [1.29, 1.82) is 0 Å². The fourth-order valence-electron chi connectivity index (χ4n) is 5.80. The number of hydrogen-bond acceptors (Lipinski definition) is 3. The minimum absolute atomic E-state index is 0.276. The lowest BCUT2D eigenvalue weighted by atomic mass is 9.84. The normalized spacial score (nSPS) is 12.4. The molecule has 0 radical (unpaired) electrons. The van der Waals surface area contributed by atoms with Crippen LogP contribution < -0.4 is 4.18 Å². The zero-order valence-electron chi connectivity index (χ0n) is 21.9. The van der Waals surface area contributed by atoms with E-state index in [1.807, 2.05) is 72.8 Å². The van der Waals surface area contributed by atoms with Gasteiger partial charge in [-0.1, -0.05) is 115 Å². The van der Waals surface area contributed by atoms with Gasteiger partial charge >= 0.3 is 15.6 Å². The molecule has 7 rings (SSSR count). The molecule has 0 heterocycles. The van der Waals surface area contributed by atoms with E-state index in [0.717, 1.165) is 48.8 Å². The van der Waals surface area contributed by atoms with Crippen LogP contribution in [0.3, 0.4) is 0 Å². The first-order valence-corrected chi connectivity index (χ1v) is 14.6. The highest BCUT2D eigenvalue weighted by molar-refractivity contribution is 7.88. The Kier molecular flexibility index (Phi) is 5.95. The Labute approximate surface area is 239 Å². The van der Waals surface area contributed by atoms with Gasteiger partial charge < -0.3 is 4.18 Å². The van der Waals surface area contributed by atoms with Crippen LogP contribution in [0, 0.1) is 0 Å². The predicted molar refractivity (Wildman–Crippen MR) is 163 cm³/mol. The second-order valence-electron chi connectivity index (χ2n) is 10.0. The average Bonchev–Trinajstić information content (AvgIpc) is 2.99. The van der Waals surface area contributed by atoms with Crippen LogP contribution in [0.15, 0.2) is 127 Å². The van der Waals surface area contributed by atoms with Gasteiger partial charge in [0.15, 0.2) is 5.75 Å². The molecular formula is C35H21F3O3S. The summed E-state index contributed by atoms with van der Waals surface area (Å²) in [5.41, 5.74) is -2.75. The number of rotatable bonds is 4. The molecule has 0 bridgehead atoms. The minimum atomic E-state index is -5.93. The first-order valence-electron chi connectivity index (χ1n) is 13.2. The SMILES string of the molecule is O=S(=O)(Oc1ccc2ccccc2c1-c1c2ccccc2c(-c2ccc3ccccc3c2)c2ccccc12)C(F)(F)F. The van der Waals surface area contributed by atoms with Gasteiger partial charge in [0.1, 0.15) is 0 Å². The highest BCUT2D eigenvalue weighted by atomic mass is 32.2. The van der Waals surface area contributed by atoms with Crippen molar-refractivity contribution in [2.75, 3.05) is 0 Å². The van der Waals surface area contributed by atoms with Gasteiger partial charge in [-0.25, -0.2) is 0 Å². The van der Waals surface area contributed by atoms with Gasteiger partial charge in [0.25, 0.3) is 0 Å². The quantitative estimate of drug-likeness (QED) is 0.119. The van der Waals surface area contributed by atoms with E-state index >= 15 is 0 Å². The standard InChI is InChI=1S/C35H21F3O3S/c36-35(37,38)42(39,40)41-31-20-19-23-10-3-4-12-26(23)34(31)33-29-15-7-5-13-27(29)32(28-14-6-8-16-30(28)33)25-18-17-22-9-1-2-11-24(22)21-25/h1-21H.